The molecule has 0 aliphatic heterocycles. The van der Waals surface area contributed by atoms with Gasteiger partial charge in [0.1, 0.15) is 0 Å². The van der Waals surface area contributed by atoms with Gasteiger partial charge in [0.15, 0.2) is 0 Å². The summed E-state index contributed by atoms with van der Waals surface area (Å²) < 4.78 is 5.01. The quantitative estimate of drug-likeness (QED) is 0.504. The molecule has 0 aliphatic carbocycles. The summed E-state index contributed by atoms with van der Waals surface area (Å²) in [6, 6.07) is 24.3. The number of fused-ring (bicyclic) bond motifs is 1. The van der Waals surface area contributed by atoms with Gasteiger partial charge in [-0.25, -0.2) is 4.79 Å². The van der Waals surface area contributed by atoms with Gasteiger partial charge in [0.2, 0.25) is 0 Å². The van der Waals surface area contributed by atoms with Crippen molar-refractivity contribution < 1.29 is 9.53 Å². The predicted molar refractivity (Wildman–Crippen MR) is 103 cm³/mol. The van der Waals surface area contributed by atoms with Crippen LogP contribution in [0.25, 0.3) is 10.8 Å². The predicted octanol–water partition coefficient (Wildman–Crippen LogP) is 5.11. The molecule has 0 saturated carbocycles. The Bertz CT molecular complexity index is 866. The van der Waals surface area contributed by atoms with Crippen molar-refractivity contribution in [3.8, 4) is 0 Å². The van der Waals surface area contributed by atoms with Gasteiger partial charge in [-0.15, -0.1) is 0 Å². The fraction of sp³-hybridized carbons (Fsp3) is 0.136. The highest BCUT2D eigenvalue weighted by atomic mass is 16.5. The molecule has 3 heteroatoms. The van der Waals surface area contributed by atoms with Crippen LogP contribution in [-0.2, 0) is 9.53 Å². The number of carbonyl (C=O) groups excluding carboxylic acids is 1. The van der Waals surface area contributed by atoms with Gasteiger partial charge < -0.3 is 10.1 Å². The van der Waals surface area contributed by atoms with Crippen LogP contribution in [0.2, 0.25) is 0 Å². The van der Waals surface area contributed by atoms with E-state index in [1.54, 1.807) is 6.92 Å². The van der Waals surface area contributed by atoms with Gasteiger partial charge in [0.25, 0.3) is 0 Å². The van der Waals surface area contributed by atoms with E-state index in [-0.39, 0.29) is 12.0 Å². The maximum atomic E-state index is 11.8. The van der Waals surface area contributed by atoms with E-state index in [1.165, 1.54) is 11.5 Å². The Labute approximate surface area is 147 Å². The topological polar surface area (TPSA) is 38.3 Å². The van der Waals surface area contributed by atoms with Crippen molar-refractivity contribution in [1.82, 2.24) is 0 Å². The lowest BCUT2D eigenvalue weighted by Crippen LogP contribution is -2.10. The van der Waals surface area contributed by atoms with Crippen molar-refractivity contribution in [3.63, 3.8) is 0 Å². The Morgan fingerprint density at radius 2 is 1.72 bits per heavy atom. The van der Waals surface area contributed by atoms with E-state index in [0.29, 0.717) is 6.61 Å². The molecule has 3 aromatic carbocycles. The molecule has 0 bridgehead atoms. The summed E-state index contributed by atoms with van der Waals surface area (Å²) >= 11 is 0. The molecular formula is C22H21NO2. The molecule has 3 aromatic rings. The molecule has 3 nitrogen and oxygen atoms in total. The Hall–Kier alpha value is -3.07. The summed E-state index contributed by atoms with van der Waals surface area (Å²) in [4.78, 5) is 11.8. The van der Waals surface area contributed by atoms with E-state index < -0.39 is 0 Å². The van der Waals surface area contributed by atoms with Crippen molar-refractivity contribution in [2.75, 3.05) is 11.9 Å². The third-order valence-electron chi connectivity index (χ3n) is 3.97. The number of benzene rings is 3. The number of ether oxygens (including phenoxy) is 1. The summed E-state index contributed by atoms with van der Waals surface area (Å²) in [6.07, 6.45) is 3.35. The molecule has 0 unspecified atom stereocenters. The van der Waals surface area contributed by atoms with Gasteiger partial charge >= 0.3 is 5.97 Å². The molecule has 0 fully saturated rings. The maximum Gasteiger partial charge on any atom is 0.330 e. The van der Waals surface area contributed by atoms with Crippen LogP contribution >= 0.6 is 0 Å². The number of hydrogen-bond acceptors (Lipinski definition) is 3. The number of carbonyl (C=O) groups is 1. The molecule has 0 amide bonds. The SMILES string of the molecule is CCOC(=O)/C=C/[C@H](Nc1ccccc1)c1cccc2ccccc12. The Kier molecular flexibility index (Phi) is 5.47. The van der Waals surface area contributed by atoms with E-state index in [9.17, 15) is 4.79 Å². The van der Waals surface area contributed by atoms with Crippen LogP contribution in [-0.4, -0.2) is 12.6 Å². The van der Waals surface area contributed by atoms with Gasteiger partial charge in [-0.05, 0) is 35.4 Å². The summed E-state index contributed by atoms with van der Waals surface area (Å²) in [5, 5.41) is 5.82. The number of nitrogens with one attached hydrogen (secondary N) is 1. The fourth-order valence-corrected chi connectivity index (χ4v) is 2.83. The summed E-state index contributed by atoms with van der Waals surface area (Å²) in [5.41, 5.74) is 2.11. The number of anilines is 1. The first-order valence-corrected chi connectivity index (χ1v) is 8.42. The van der Waals surface area contributed by atoms with E-state index in [1.807, 2.05) is 54.6 Å². The van der Waals surface area contributed by atoms with Crippen LogP contribution in [0.4, 0.5) is 5.69 Å². The van der Waals surface area contributed by atoms with Crippen LogP contribution in [0.3, 0.4) is 0 Å². The standard InChI is InChI=1S/C22H21NO2/c1-2-25-22(24)16-15-21(23-18-11-4-3-5-12-18)20-14-8-10-17-9-6-7-13-19(17)20/h3-16,21,23H,2H2,1H3/b16-15+/t21-/m0/s1. The average Bonchev–Trinajstić information content (AvgIpc) is 2.66. The zero-order valence-corrected chi connectivity index (χ0v) is 14.2. The third kappa shape index (κ3) is 4.27. The fourth-order valence-electron chi connectivity index (χ4n) is 2.83. The monoisotopic (exact) mass is 331 g/mol. The summed E-state index contributed by atoms with van der Waals surface area (Å²) in [6.45, 7) is 2.17. The van der Waals surface area contributed by atoms with Crippen LogP contribution < -0.4 is 5.32 Å². The number of para-hydroxylation sites is 1. The van der Waals surface area contributed by atoms with Crippen molar-refractivity contribution in [3.05, 3.63) is 90.5 Å². The largest absolute Gasteiger partial charge is 0.463 e. The van der Waals surface area contributed by atoms with E-state index in [2.05, 4.69) is 29.6 Å². The van der Waals surface area contributed by atoms with Crippen LogP contribution in [0, 0.1) is 0 Å². The van der Waals surface area contributed by atoms with Gasteiger partial charge in [-0.3, -0.25) is 0 Å². The highest BCUT2D eigenvalue weighted by Gasteiger charge is 2.12. The number of esters is 1. The molecule has 126 valence electrons. The van der Waals surface area contributed by atoms with Crippen molar-refractivity contribution in [2.24, 2.45) is 0 Å². The Morgan fingerprint density at radius 1 is 1.00 bits per heavy atom. The Morgan fingerprint density at radius 3 is 2.52 bits per heavy atom. The van der Waals surface area contributed by atoms with Crippen LogP contribution in [0.5, 0.6) is 0 Å². The van der Waals surface area contributed by atoms with Crippen molar-refractivity contribution in [2.45, 2.75) is 13.0 Å². The zero-order chi connectivity index (χ0) is 17.5. The van der Waals surface area contributed by atoms with Crippen LogP contribution in [0.15, 0.2) is 84.9 Å². The maximum absolute atomic E-state index is 11.8. The molecule has 0 saturated heterocycles. The van der Waals surface area contributed by atoms with Crippen LogP contribution in [0.1, 0.15) is 18.5 Å². The first-order chi connectivity index (χ1) is 12.3. The summed E-state index contributed by atoms with van der Waals surface area (Å²) in [7, 11) is 0. The lowest BCUT2D eigenvalue weighted by molar-refractivity contribution is -0.137. The molecule has 0 spiro atoms. The molecule has 3 rings (SSSR count). The minimum atomic E-state index is -0.331. The van der Waals surface area contributed by atoms with E-state index in [0.717, 1.165) is 16.6 Å². The summed E-state index contributed by atoms with van der Waals surface area (Å²) in [5.74, 6) is -0.331. The second-order valence-electron chi connectivity index (χ2n) is 5.67. The lowest BCUT2D eigenvalue weighted by Gasteiger charge is -2.19. The van der Waals surface area contributed by atoms with E-state index in [4.69, 9.17) is 4.74 Å². The molecule has 0 heterocycles. The molecule has 0 radical (unpaired) electrons. The minimum absolute atomic E-state index is 0.141. The van der Waals surface area contributed by atoms with Crippen molar-refractivity contribution in [1.29, 1.82) is 0 Å². The second-order valence-corrected chi connectivity index (χ2v) is 5.67. The highest BCUT2D eigenvalue weighted by molar-refractivity contribution is 5.87. The zero-order valence-electron chi connectivity index (χ0n) is 14.2. The normalized spacial score (nSPS) is 12.2. The molecule has 0 aliphatic rings. The van der Waals surface area contributed by atoms with E-state index >= 15 is 0 Å². The third-order valence-corrected chi connectivity index (χ3v) is 3.97. The molecule has 25 heavy (non-hydrogen) atoms. The van der Waals surface area contributed by atoms with Gasteiger partial charge in [-0.2, -0.15) is 0 Å². The highest BCUT2D eigenvalue weighted by Crippen LogP contribution is 2.28. The molecular weight excluding hydrogens is 310 g/mol. The van der Waals surface area contributed by atoms with Gasteiger partial charge in [0, 0.05) is 11.8 Å². The molecule has 1 atom stereocenters. The number of hydrogen-bond donors (Lipinski definition) is 1. The first-order valence-electron chi connectivity index (χ1n) is 8.42. The average molecular weight is 331 g/mol. The first kappa shape index (κ1) is 16.8. The molecule has 1 N–H and O–H groups in total. The Balaban J connectivity index is 1.98. The smallest absolute Gasteiger partial charge is 0.330 e. The lowest BCUT2D eigenvalue weighted by atomic mass is 9.98. The second kappa shape index (κ2) is 8.15. The minimum Gasteiger partial charge on any atom is -0.463 e. The van der Waals surface area contributed by atoms with Gasteiger partial charge in [0.05, 0.1) is 12.6 Å². The molecule has 0 aromatic heterocycles. The van der Waals surface area contributed by atoms with Gasteiger partial charge in [-0.1, -0.05) is 66.7 Å². The number of rotatable bonds is 6. The van der Waals surface area contributed by atoms with Crippen molar-refractivity contribution >= 4 is 22.4 Å².